The lowest BCUT2D eigenvalue weighted by atomic mass is 10.2. The summed E-state index contributed by atoms with van der Waals surface area (Å²) in [6.07, 6.45) is 4.42. The first-order chi connectivity index (χ1) is 18.5. The SMILES string of the molecule is COc1ccc(-c2nnc(SCC(=O)N/N=C\C=C/c3ccccc3[N+](=O)[O-])n2-c2ccc(C)cc2)cc1. The van der Waals surface area contributed by atoms with Gasteiger partial charge in [-0.2, -0.15) is 5.10 Å². The van der Waals surface area contributed by atoms with Gasteiger partial charge in [0.2, 0.25) is 0 Å². The molecule has 0 aliphatic carbocycles. The van der Waals surface area contributed by atoms with Gasteiger partial charge in [-0.1, -0.05) is 41.6 Å². The van der Waals surface area contributed by atoms with E-state index >= 15 is 0 Å². The number of benzene rings is 3. The lowest BCUT2D eigenvalue weighted by Gasteiger charge is -2.11. The number of methoxy groups -OCH3 is 1. The van der Waals surface area contributed by atoms with E-state index in [9.17, 15) is 14.9 Å². The average Bonchev–Trinajstić information content (AvgIpc) is 3.36. The zero-order valence-corrected chi connectivity index (χ0v) is 21.5. The van der Waals surface area contributed by atoms with Gasteiger partial charge in [0.25, 0.3) is 11.6 Å². The molecule has 0 aliphatic heterocycles. The molecule has 0 spiro atoms. The van der Waals surface area contributed by atoms with Crippen LogP contribution in [-0.4, -0.2) is 44.7 Å². The number of amides is 1. The summed E-state index contributed by atoms with van der Waals surface area (Å²) in [6.45, 7) is 2.01. The van der Waals surface area contributed by atoms with Gasteiger partial charge in [0.15, 0.2) is 11.0 Å². The summed E-state index contributed by atoms with van der Waals surface area (Å²) in [6, 6.07) is 21.8. The van der Waals surface area contributed by atoms with Crippen molar-refractivity contribution >= 4 is 35.6 Å². The monoisotopic (exact) mass is 528 g/mol. The van der Waals surface area contributed by atoms with Crippen LogP contribution in [0.5, 0.6) is 5.75 Å². The number of para-hydroxylation sites is 1. The number of aromatic nitrogens is 3. The number of hydrogen-bond acceptors (Lipinski definition) is 8. The summed E-state index contributed by atoms with van der Waals surface area (Å²) in [5.41, 5.74) is 5.72. The molecule has 1 aromatic heterocycles. The van der Waals surface area contributed by atoms with E-state index in [-0.39, 0.29) is 17.3 Å². The number of aryl methyl sites for hydroxylation is 1. The van der Waals surface area contributed by atoms with Gasteiger partial charge in [0.05, 0.1) is 23.3 Å². The van der Waals surface area contributed by atoms with E-state index in [1.54, 1.807) is 31.4 Å². The van der Waals surface area contributed by atoms with Crippen molar-refractivity contribution in [3.05, 3.63) is 100 Å². The van der Waals surface area contributed by atoms with Crippen LogP contribution >= 0.6 is 11.8 Å². The van der Waals surface area contributed by atoms with E-state index in [1.807, 2.05) is 60.0 Å². The van der Waals surface area contributed by atoms with Gasteiger partial charge in [-0.3, -0.25) is 19.5 Å². The Morgan fingerprint density at radius 3 is 2.55 bits per heavy atom. The molecule has 3 aromatic carbocycles. The number of thioether (sulfide) groups is 1. The van der Waals surface area contributed by atoms with Crippen molar-refractivity contribution in [3.63, 3.8) is 0 Å². The van der Waals surface area contributed by atoms with E-state index in [1.165, 1.54) is 30.1 Å². The minimum Gasteiger partial charge on any atom is -0.497 e. The topological polar surface area (TPSA) is 125 Å². The Labute approximate surface area is 223 Å². The summed E-state index contributed by atoms with van der Waals surface area (Å²) >= 11 is 1.23. The molecule has 1 amide bonds. The third kappa shape index (κ3) is 6.51. The maximum Gasteiger partial charge on any atom is 0.276 e. The maximum atomic E-state index is 12.4. The number of nitro benzene ring substituents is 1. The average molecular weight is 529 g/mol. The minimum absolute atomic E-state index is 0.00992. The Bertz CT molecular complexity index is 1480. The zero-order valence-electron chi connectivity index (χ0n) is 20.6. The molecule has 0 saturated carbocycles. The molecule has 0 atom stereocenters. The Hall–Kier alpha value is -4.77. The summed E-state index contributed by atoms with van der Waals surface area (Å²) in [7, 11) is 1.61. The highest BCUT2D eigenvalue weighted by atomic mass is 32.2. The quantitative estimate of drug-likeness (QED) is 0.132. The predicted octanol–water partition coefficient (Wildman–Crippen LogP) is 5.07. The maximum absolute atomic E-state index is 12.4. The fourth-order valence-electron chi connectivity index (χ4n) is 3.47. The van der Waals surface area contributed by atoms with Crippen molar-refractivity contribution in [2.75, 3.05) is 12.9 Å². The third-order valence-electron chi connectivity index (χ3n) is 5.37. The molecular weight excluding hydrogens is 504 g/mol. The first kappa shape index (κ1) is 26.3. The van der Waals surface area contributed by atoms with Crippen LogP contribution in [-0.2, 0) is 4.79 Å². The van der Waals surface area contributed by atoms with Crippen molar-refractivity contribution < 1.29 is 14.5 Å². The van der Waals surface area contributed by atoms with Gasteiger partial charge in [0.1, 0.15) is 5.75 Å². The van der Waals surface area contributed by atoms with Gasteiger partial charge in [-0.05, 0) is 61.5 Å². The van der Waals surface area contributed by atoms with Crippen LogP contribution in [0.3, 0.4) is 0 Å². The molecule has 192 valence electrons. The van der Waals surface area contributed by atoms with Gasteiger partial charge < -0.3 is 4.74 Å². The van der Waals surface area contributed by atoms with E-state index in [4.69, 9.17) is 4.74 Å². The van der Waals surface area contributed by atoms with Crippen molar-refractivity contribution in [1.82, 2.24) is 20.2 Å². The fourth-order valence-corrected chi connectivity index (χ4v) is 4.22. The molecule has 0 saturated heterocycles. The highest BCUT2D eigenvalue weighted by Gasteiger charge is 2.17. The summed E-state index contributed by atoms with van der Waals surface area (Å²) in [5, 5.41) is 24.2. The number of nitrogens with zero attached hydrogens (tertiary/aromatic N) is 5. The molecule has 0 bridgehead atoms. The number of rotatable bonds is 10. The van der Waals surface area contributed by atoms with Gasteiger partial charge in [0, 0.05) is 23.5 Å². The Morgan fingerprint density at radius 1 is 1.11 bits per heavy atom. The number of nitrogens with one attached hydrogen (secondary N) is 1. The predicted molar refractivity (Wildman–Crippen MR) is 148 cm³/mol. The smallest absolute Gasteiger partial charge is 0.276 e. The van der Waals surface area contributed by atoms with Crippen LogP contribution in [0.2, 0.25) is 0 Å². The number of carbonyl (C=O) groups excluding carboxylic acids is 1. The van der Waals surface area contributed by atoms with E-state index < -0.39 is 4.92 Å². The Morgan fingerprint density at radius 2 is 1.84 bits per heavy atom. The van der Waals surface area contributed by atoms with Crippen LogP contribution in [0.15, 0.2) is 89.1 Å². The van der Waals surface area contributed by atoms with Crippen molar-refractivity contribution in [3.8, 4) is 22.8 Å². The second kappa shape index (κ2) is 12.5. The molecule has 0 unspecified atom stereocenters. The lowest BCUT2D eigenvalue weighted by molar-refractivity contribution is -0.385. The molecule has 11 heteroatoms. The highest BCUT2D eigenvalue weighted by molar-refractivity contribution is 7.99. The Kier molecular flexibility index (Phi) is 8.62. The number of nitro groups is 1. The number of allylic oxidation sites excluding steroid dienone is 1. The second-order valence-corrected chi connectivity index (χ2v) is 8.93. The highest BCUT2D eigenvalue weighted by Crippen LogP contribution is 2.29. The molecule has 4 rings (SSSR count). The number of hydrazone groups is 1. The van der Waals surface area contributed by atoms with Crippen LogP contribution < -0.4 is 10.2 Å². The molecule has 0 aliphatic rings. The van der Waals surface area contributed by atoms with Gasteiger partial charge in [-0.25, -0.2) is 5.43 Å². The summed E-state index contributed by atoms with van der Waals surface area (Å²) < 4.78 is 7.15. The van der Waals surface area contributed by atoms with Crippen molar-refractivity contribution in [2.24, 2.45) is 5.10 Å². The molecule has 38 heavy (non-hydrogen) atoms. The number of hydrogen-bond donors (Lipinski definition) is 1. The number of ether oxygens (including phenoxy) is 1. The van der Waals surface area contributed by atoms with E-state index in [0.29, 0.717) is 16.5 Å². The lowest BCUT2D eigenvalue weighted by Crippen LogP contribution is -2.19. The second-order valence-electron chi connectivity index (χ2n) is 7.98. The largest absolute Gasteiger partial charge is 0.497 e. The standard InChI is InChI=1S/C27H24N6O4S/c1-19-9-13-22(14-10-19)32-26(21-11-15-23(37-2)16-12-21)30-31-27(32)38-18-25(34)29-28-17-5-7-20-6-3-4-8-24(20)33(35)36/h3-17H,18H2,1-2H3,(H,29,34)/b7-5-,28-17-. The van der Waals surface area contributed by atoms with E-state index in [2.05, 4.69) is 20.7 Å². The van der Waals surface area contributed by atoms with Crippen LogP contribution in [0.1, 0.15) is 11.1 Å². The van der Waals surface area contributed by atoms with Crippen LogP contribution in [0.4, 0.5) is 5.69 Å². The molecular formula is C27H24N6O4S. The van der Waals surface area contributed by atoms with Crippen molar-refractivity contribution in [2.45, 2.75) is 12.1 Å². The normalized spacial score (nSPS) is 11.2. The molecule has 10 nitrogen and oxygen atoms in total. The van der Waals surface area contributed by atoms with Crippen LogP contribution in [0, 0.1) is 17.0 Å². The molecule has 4 aromatic rings. The van der Waals surface area contributed by atoms with Gasteiger partial charge in [-0.15, -0.1) is 10.2 Å². The summed E-state index contributed by atoms with van der Waals surface area (Å²) in [5.74, 6) is 1.09. The van der Waals surface area contributed by atoms with E-state index in [0.717, 1.165) is 22.6 Å². The zero-order chi connectivity index (χ0) is 26.9. The first-order valence-electron chi connectivity index (χ1n) is 11.5. The fraction of sp³-hybridized carbons (Fsp3) is 0.111. The molecule has 1 heterocycles. The minimum atomic E-state index is -0.453. The Balaban J connectivity index is 1.44. The molecule has 0 fully saturated rings. The van der Waals surface area contributed by atoms with Crippen molar-refractivity contribution in [1.29, 1.82) is 0 Å². The summed E-state index contributed by atoms with van der Waals surface area (Å²) in [4.78, 5) is 23.0. The third-order valence-corrected chi connectivity index (χ3v) is 6.29. The molecule has 0 radical (unpaired) electrons. The number of carbonyl (C=O) groups is 1. The van der Waals surface area contributed by atoms with Gasteiger partial charge >= 0.3 is 0 Å². The van der Waals surface area contributed by atoms with Crippen LogP contribution in [0.25, 0.3) is 23.2 Å². The first-order valence-corrected chi connectivity index (χ1v) is 12.5. The molecule has 1 N–H and O–H groups in total.